The fraction of sp³-hybridized carbons (Fsp3) is 0.333. The number of amides is 2. The quantitative estimate of drug-likeness (QED) is 0.437. The number of carbonyl (C=O) groups is 2. The third-order valence-electron chi connectivity index (χ3n) is 6.48. The van der Waals surface area contributed by atoms with Crippen LogP contribution in [0.4, 0.5) is 8.78 Å². The summed E-state index contributed by atoms with van der Waals surface area (Å²) in [4.78, 5) is 31.3. The Balaban J connectivity index is 1.34. The van der Waals surface area contributed by atoms with Crippen LogP contribution >= 0.6 is 11.3 Å². The number of carbonyl (C=O) groups excluding carboxylic acids is 2. The molecule has 2 aromatic carbocycles. The van der Waals surface area contributed by atoms with E-state index in [1.165, 1.54) is 35.2 Å². The molecule has 2 heterocycles. The second-order valence-corrected chi connectivity index (χ2v) is 10.1. The van der Waals surface area contributed by atoms with E-state index in [0.717, 1.165) is 24.8 Å². The molecule has 8 heteroatoms. The summed E-state index contributed by atoms with van der Waals surface area (Å²) < 4.78 is 33.3. The van der Waals surface area contributed by atoms with Crippen LogP contribution in [0.2, 0.25) is 0 Å². The van der Waals surface area contributed by atoms with Crippen LogP contribution in [0.1, 0.15) is 39.7 Å². The number of benzene rings is 2. The summed E-state index contributed by atoms with van der Waals surface area (Å²) in [7, 11) is 0. The van der Waals surface area contributed by atoms with Gasteiger partial charge in [0, 0.05) is 29.6 Å². The summed E-state index contributed by atoms with van der Waals surface area (Å²) >= 11 is 1.65. The van der Waals surface area contributed by atoms with Crippen LogP contribution in [0, 0.1) is 17.6 Å². The molecule has 1 aliphatic carbocycles. The summed E-state index contributed by atoms with van der Waals surface area (Å²) in [5.74, 6) is -0.620. The molecular formula is C27H26F2N2O3S. The molecule has 0 saturated heterocycles. The van der Waals surface area contributed by atoms with Crippen molar-refractivity contribution < 1.29 is 23.1 Å². The van der Waals surface area contributed by atoms with E-state index in [0.29, 0.717) is 24.8 Å². The molecular weight excluding hydrogens is 470 g/mol. The highest BCUT2D eigenvalue weighted by molar-refractivity contribution is 7.10. The molecule has 1 unspecified atom stereocenters. The minimum absolute atomic E-state index is 0.0816. The van der Waals surface area contributed by atoms with Crippen molar-refractivity contribution in [2.45, 2.75) is 25.3 Å². The van der Waals surface area contributed by atoms with Gasteiger partial charge < -0.3 is 14.5 Å². The van der Waals surface area contributed by atoms with Gasteiger partial charge in [-0.3, -0.25) is 9.59 Å². The number of thiophene rings is 1. The lowest BCUT2D eigenvalue weighted by atomic mass is 10.0. The third-order valence-corrected chi connectivity index (χ3v) is 7.48. The smallest absolute Gasteiger partial charge is 0.254 e. The van der Waals surface area contributed by atoms with Gasteiger partial charge in [0.2, 0.25) is 5.91 Å². The predicted octanol–water partition coefficient (Wildman–Crippen LogP) is 5.08. The van der Waals surface area contributed by atoms with Gasteiger partial charge in [-0.2, -0.15) is 0 Å². The van der Waals surface area contributed by atoms with Crippen LogP contribution in [0.15, 0.2) is 60.0 Å². The zero-order valence-corrected chi connectivity index (χ0v) is 20.0. The highest BCUT2D eigenvalue weighted by atomic mass is 32.1. The van der Waals surface area contributed by atoms with Crippen LogP contribution in [0.5, 0.6) is 5.75 Å². The Bertz CT molecular complexity index is 1230. The third kappa shape index (κ3) is 5.53. The van der Waals surface area contributed by atoms with Crippen molar-refractivity contribution in [3.8, 4) is 5.75 Å². The second kappa shape index (κ2) is 10.2. The largest absolute Gasteiger partial charge is 0.491 e. The van der Waals surface area contributed by atoms with E-state index in [1.54, 1.807) is 39.3 Å². The maximum absolute atomic E-state index is 13.7. The minimum atomic E-state index is -0.482. The first kappa shape index (κ1) is 23.5. The van der Waals surface area contributed by atoms with Crippen LogP contribution < -0.4 is 4.74 Å². The van der Waals surface area contributed by atoms with Crippen molar-refractivity contribution in [2.24, 2.45) is 5.92 Å². The van der Waals surface area contributed by atoms with Gasteiger partial charge in [-0.25, -0.2) is 8.78 Å². The molecule has 1 fully saturated rings. The van der Waals surface area contributed by atoms with E-state index in [1.807, 2.05) is 11.4 Å². The summed E-state index contributed by atoms with van der Waals surface area (Å²) in [6.45, 7) is 1.08. The fourth-order valence-electron chi connectivity index (χ4n) is 4.50. The van der Waals surface area contributed by atoms with Gasteiger partial charge >= 0.3 is 0 Å². The van der Waals surface area contributed by atoms with Gasteiger partial charge in [-0.1, -0.05) is 12.1 Å². The lowest BCUT2D eigenvalue weighted by Gasteiger charge is -2.37. The van der Waals surface area contributed by atoms with Gasteiger partial charge in [0.1, 0.15) is 30.5 Å². The average Bonchev–Trinajstić information content (AvgIpc) is 3.54. The molecule has 2 amide bonds. The Labute approximate surface area is 206 Å². The average molecular weight is 497 g/mol. The van der Waals surface area contributed by atoms with Gasteiger partial charge in [0.05, 0.1) is 6.04 Å². The van der Waals surface area contributed by atoms with E-state index in [9.17, 15) is 18.4 Å². The molecule has 0 spiro atoms. The molecule has 2 aliphatic rings. The monoisotopic (exact) mass is 496 g/mol. The van der Waals surface area contributed by atoms with E-state index in [2.05, 4.69) is 0 Å². The Morgan fingerprint density at radius 1 is 1.06 bits per heavy atom. The molecule has 1 aliphatic heterocycles. The van der Waals surface area contributed by atoms with E-state index < -0.39 is 5.82 Å². The Kier molecular flexibility index (Phi) is 6.81. The van der Waals surface area contributed by atoms with Gasteiger partial charge in [0.25, 0.3) is 5.91 Å². The lowest BCUT2D eigenvalue weighted by Crippen LogP contribution is -2.48. The Hall–Kier alpha value is -3.26. The first-order valence-corrected chi connectivity index (χ1v) is 12.6. The summed E-state index contributed by atoms with van der Waals surface area (Å²) in [5.41, 5.74) is 1.26. The highest BCUT2D eigenvalue weighted by Crippen LogP contribution is 2.35. The fourth-order valence-corrected chi connectivity index (χ4v) is 5.42. The van der Waals surface area contributed by atoms with Crippen molar-refractivity contribution >= 4 is 23.2 Å². The number of nitrogens with zero attached hydrogens (tertiary/aromatic N) is 2. The van der Waals surface area contributed by atoms with Gasteiger partial charge in [-0.05, 0) is 72.5 Å². The van der Waals surface area contributed by atoms with Gasteiger partial charge in [-0.15, -0.1) is 11.3 Å². The maximum atomic E-state index is 13.7. The first-order chi connectivity index (χ1) is 17.0. The number of rotatable bonds is 8. The van der Waals surface area contributed by atoms with E-state index in [4.69, 9.17) is 4.74 Å². The molecule has 1 aromatic heterocycles. The molecule has 5 rings (SSSR count). The van der Waals surface area contributed by atoms with Crippen molar-refractivity contribution in [2.75, 3.05) is 26.2 Å². The Morgan fingerprint density at radius 3 is 2.57 bits per heavy atom. The summed E-state index contributed by atoms with van der Waals surface area (Å²) in [6.07, 6.45) is 2.77. The molecule has 35 heavy (non-hydrogen) atoms. The SMILES string of the molecule is O=C(c1cccc(F)c1)N(CC(=O)N1CCc2sccc2C1COc1cccc(F)c1)CC1CC1. The molecule has 0 bridgehead atoms. The first-order valence-electron chi connectivity index (χ1n) is 11.8. The topological polar surface area (TPSA) is 49.9 Å². The van der Waals surface area contributed by atoms with Crippen LogP contribution in [-0.2, 0) is 11.2 Å². The molecule has 0 radical (unpaired) electrons. The molecule has 182 valence electrons. The Morgan fingerprint density at radius 2 is 1.83 bits per heavy atom. The number of ether oxygens (including phenoxy) is 1. The van der Waals surface area contributed by atoms with E-state index >= 15 is 0 Å². The highest BCUT2D eigenvalue weighted by Gasteiger charge is 2.35. The number of halogens is 2. The predicted molar refractivity (Wildman–Crippen MR) is 129 cm³/mol. The standard InChI is InChI=1S/C27H26F2N2O3S/c28-20-4-1-3-19(13-20)27(33)30(15-18-7-8-18)16-26(32)31-11-9-25-23(10-12-35-25)24(31)17-34-22-6-2-5-21(29)14-22/h1-6,10,12-14,18,24H,7-9,11,15-17H2. The zero-order valence-electron chi connectivity index (χ0n) is 19.2. The molecule has 3 aromatic rings. The lowest BCUT2D eigenvalue weighted by molar-refractivity contribution is -0.135. The van der Waals surface area contributed by atoms with Crippen LogP contribution in [0.25, 0.3) is 0 Å². The molecule has 0 N–H and O–H groups in total. The summed E-state index contributed by atoms with van der Waals surface area (Å²) in [5, 5.41) is 2.00. The number of hydrogen-bond acceptors (Lipinski definition) is 4. The van der Waals surface area contributed by atoms with Crippen molar-refractivity contribution in [3.63, 3.8) is 0 Å². The van der Waals surface area contributed by atoms with E-state index in [-0.39, 0.29) is 42.4 Å². The van der Waals surface area contributed by atoms with Gasteiger partial charge in [0.15, 0.2) is 0 Å². The zero-order chi connectivity index (χ0) is 24.4. The number of fused-ring (bicyclic) bond motifs is 1. The molecule has 1 saturated carbocycles. The normalized spacial score (nSPS) is 17.1. The van der Waals surface area contributed by atoms with Crippen molar-refractivity contribution in [3.05, 3.63) is 87.6 Å². The van der Waals surface area contributed by atoms with Crippen molar-refractivity contribution in [1.29, 1.82) is 0 Å². The van der Waals surface area contributed by atoms with Crippen LogP contribution in [-0.4, -0.2) is 47.9 Å². The maximum Gasteiger partial charge on any atom is 0.254 e. The second-order valence-electron chi connectivity index (χ2n) is 9.06. The van der Waals surface area contributed by atoms with Crippen molar-refractivity contribution in [1.82, 2.24) is 9.80 Å². The molecule has 5 nitrogen and oxygen atoms in total. The minimum Gasteiger partial charge on any atom is -0.491 e. The number of hydrogen-bond donors (Lipinski definition) is 0. The molecule has 1 atom stereocenters. The van der Waals surface area contributed by atoms with Crippen LogP contribution in [0.3, 0.4) is 0 Å². The summed E-state index contributed by atoms with van der Waals surface area (Å²) in [6, 6.07) is 13.2.